The van der Waals surface area contributed by atoms with Gasteiger partial charge in [-0.25, -0.2) is 0 Å². The number of hydrogen-bond donors (Lipinski definition) is 2. The molecule has 2 heteroatoms. The van der Waals surface area contributed by atoms with Gasteiger partial charge in [0.05, 0.1) is 0 Å². The van der Waals surface area contributed by atoms with Gasteiger partial charge in [-0.15, -0.1) is 0 Å². The van der Waals surface area contributed by atoms with Crippen molar-refractivity contribution >= 4 is 12.2 Å². The number of allylic oxidation sites excluding steroid dienone is 3. The number of rotatable bonds is 4. The fourth-order valence-electron chi connectivity index (χ4n) is 3.76. The Morgan fingerprint density at radius 1 is 1.04 bits per heavy atom. The van der Waals surface area contributed by atoms with Crippen molar-refractivity contribution in [3.63, 3.8) is 0 Å². The lowest BCUT2D eigenvalue weighted by Crippen LogP contribution is -2.17. The fourth-order valence-corrected chi connectivity index (χ4v) is 3.76. The summed E-state index contributed by atoms with van der Waals surface area (Å²) in [6.45, 7) is 12.4. The molecule has 1 aliphatic carbocycles. The molecule has 0 radical (unpaired) electrons. The smallest absolute Gasteiger partial charge is 0.119 e. The topological polar surface area (TPSA) is 40.5 Å². The maximum Gasteiger partial charge on any atom is 0.119 e. The van der Waals surface area contributed by atoms with Crippen LogP contribution in [0.1, 0.15) is 63.1 Å². The third-order valence-electron chi connectivity index (χ3n) is 5.18. The Balaban J connectivity index is 0.00000136. The third-order valence-corrected chi connectivity index (χ3v) is 5.18. The summed E-state index contributed by atoms with van der Waals surface area (Å²) in [6, 6.07) is 12.8. The minimum Gasteiger partial charge on any atom is -0.508 e. The van der Waals surface area contributed by atoms with Crippen molar-refractivity contribution in [2.45, 2.75) is 46.5 Å². The molecule has 28 heavy (non-hydrogen) atoms. The van der Waals surface area contributed by atoms with Gasteiger partial charge in [-0.2, -0.15) is 0 Å². The van der Waals surface area contributed by atoms with Crippen LogP contribution in [0.4, 0.5) is 0 Å². The van der Waals surface area contributed by atoms with Gasteiger partial charge in [0.15, 0.2) is 0 Å². The molecule has 0 aromatic heterocycles. The van der Waals surface area contributed by atoms with Gasteiger partial charge in [0.2, 0.25) is 0 Å². The Kier molecular flexibility index (Phi) is 7.69. The molecule has 0 aliphatic heterocycles. The predicted octanol–water partition coefficient (Wildman–Crippen LogP) is 7.31. The van der Waals surface area contributed by atoms with E-state index < -0.39 is 0 Å². The van der Waals surface area contributed by atoms with Crippen LogP contribution in [0.3, 0.4) is 0 Å². The summed E-state index contributed by atoms with van der Waals surface area (Å²) in [5.74, 6) is 1.07. The molecule has 2 atom stereocenters. The van der Waals surface area contributed by atoms with Crippen LogP contribution in [-0.4, -0.2) is 10.2 Å². The summed E-state index contributed by atoms with van der Waals surface area (Å²) in [7, 11) is 0. The zero-order valence-corrected chi connectivity index (χ0v) is 17.4. The number of aromatic hydroxyl groups is 2. The van der Waals surface area contributed by atoms with Crippen LogP contribution in [-0.2, 0) is 0 Å². The van der Waals surface area contributed by atoms with E-state index >= 15 is 0 Å². The Bertz CT molecular complexity index is 857. The van der Waals surface area contributed by atoms with Crippen LogP contribution in [0.5, 0.6) is 11.5 Å². The first kappa shape index (κ1) is 21.6. The van der Waals surface area contributed by atoms with E-state index in [0.717, 1.165) is 35.1 Å². The molecule has 2 unspecified atom stereocenters. The van der Waals surface area contributed by atoms with Crippen LogP contribution >= 0.6 is 0 Å². The summed E-state index contributed by atoms with van der Waals surface area (Å²) in [4.78, 5) is 0. The summed E-state index contributed by atoms with van der Waals surface area (Å²) in [5, 5.41) is 20.1. The first-order valence-electron chi connectivity index (χ1n) is 10.1. The monoisotopic (exact) mass is 376 g/mol. The Morgan fingerprint density at radius 2 is 1.71 bits per heavy atom. The molecule has 0 fully saturated rings. The summed E-state index contributed by atoms with van der Waals surface area (Å²) in [5.41, 5.74) is 5.51. The molecule has 2 aromatic rings. The molecule has 3 rings (SSSR count). The highest BCUT2D eigenvalue weighted by atomic mass is 16.3. The highest BCUT2D eigenvalue weighted by Gasteiger charge is 2.28. The normalized spacial score (nSPS) is 18.9. The van der Waals surface area contributed by atoms with E-state index in [1.807, 2.05) is 50.3 Å². The van der Waals surface area contributed by atoms with E-state index in [2.05, 4.69) is 26.5 Å². The quantitative estimate of drug-likeness (QED) is 0.434. The van der Waals surface area contributed by atoms with E-state index in [1.165, 1.54) is 5.57 Å². The van der Waals surface area contributed by atoms with Crippen molar-refractivity contribution < 1.29 is 10.2 Å². The summed E-state index contributed by atoms with van der Waals surface area (Å²) < 4.78 is 0. The van der Waals surface area contributed by atoms with Gasteiger partial charge in [0.1, 0.15) is 11.5 Å². The van der Waals surface area contributed by atoms with Gasteiger partial charge >= 0.3 is 0 Å². The molecule has 0 saturated carbocycles. The molecule has 0 saturated heterocycles. The van der Waals surface area contributed by atoms with Crippen LogP contribution in [0.25, 0.3) is 12.2 Å². The standard InChI is InChI=1S/C24H26O2.C2H6/c1-16(2)21-14-7-17(3)15-22(21)24-19(5-4-6-23(24)26)11-8-18-9-12-20(25)13-10-18;1-2/h4-6,8-13,15,21-22,25-26H,1,7,14H2,2-3H3;1-2H3/b11-8+;. The van der Waals surface area contributed by atoms with E-state index in [0.29, 0.717) is 11.7 Å². The number of benzene rings is 2. The Hall–Kier alpha value is -2.74. The minimum atomic E-state index is 0.141. The largest absolute Gasteiger partial charge is 0.508 e. The maximum atomic E-state index is 10.6. The first-order chi connectivity index (χ1) is 13.5. The Labute approximate surface area is 169 Å². The van der Waals surface area contributed by atoms with Gasteiger partial charge in [-0.1, -0.05) is 74.1 Å². The van der Waals surface area contributed by atoms with Crippen LogP contribution in [0, 0.1) is 5.92 Å². The maximum absolute atomic E-state index is 10.6. The summed E-state index contributed by atoms with van der Waals surface area (Å²) >= 11 is 0. The van der Waals surface area contributed by atoms with Crippen molar-refractivity contribution in [3.05, 3.63) is 83.0 Å². The zero-order valence-electron chi connectivity index (χ0n) is 17.4. The number of phenolic OH excluding ortho intramolecular Hbond substituents is 2. The highest BCUT2D eigenvalue weighted by molar-refractivity contribution is 5.73. The molecule has 1 aliphatic rings. The average Bonchev–Trinajstić information content (AvgIpc) is 2.69. The van der Waals surface area contributed by atoms with Crippen molar-refractivity contribution in [3.8, 4) is 11.5 Å². The van der Waals surface area contributed by atoms with Gasteiger partial charge in [0, 0.05) is 11.5 Å². The second-order valence-electron chi connectivity index (χ2n) is 7.24. The van der Waals surface area contributed by atoms with Gasteiger partial charge in [-0.3, -0.25) is 0 Å². The van der Waals surface area contributed by atoms with E-state index in [4.69, 9.17) is 0 Å². The lowest BCUT2D eigenvalue weighted by atomic mass is 9.73. The van der Waals surface area contributed by atoms with Crippen molar-refractivity contribution in [1.82, 2.24) is 0 Å². The van der Waals surface area contributed by atoms with Crippen molar-refractivity contribution in [2.24, 2.45) is 5.92 Å². The lowest BCUT2D eigenvalue weighted by molar-refractivity contribution is 0.436. The molecule has 2 aromatic carbocycles. The number of phenols is 2. The fraction of sp³-hybridized carbons (Fsp3) is 0.308. The SMILES string of the molecule is C=C(C)C1CCC(C)=CC1c1c(O)cccc1/C=C/c1ccc(O)cc1.CC. The average molecular weight is 377 g/mol. The van der Waals surface area contributed by atoms with Crippen LogP contribution in [0.15, 0.2) is 66.3 Å². The molecule has 0 heterocycles. The second kappa shape index (κ2) is 9.98. The molecule has 0 amide bonds. The second-order valence-corrected chi connectivity index (χ2v) is 7.24. The molecule has 2 N–H and O–H groups in total. The third kappa shape index (κ3) is 5.16. The molecule has 2 nitrogen and oxygen atoms in total. The molecule has 0 bridgehead atoms. The molecular formula is C26H32O2. The van der Waals surface area contributed by atoms with E-state index in [1.54, 1.807) is 18.2 Å². The van der Waals surface area contributed by atoms with Crippen molar-refractivity contribution in [2.75, 3.05) is 0 Å². The summed E-state index contributed by atoms with van der Waals surface area (Å²) in [6.07, 6.45) is 8.48. The van der Waals surface area contributed by atoms with Gasteiger partial charge < -0.3 is 10.2 Å². The lowest BCUT2D eigenvalue weighted by Gasteiger charge is -2.32. The first-order valence-corrected chi connectivity index (χ1v) is 10.1. The predicted molar refractivity (Wildman–Crippen MR) is 121 cm³/mol. The molecular weight excluding hydrogens is 344 g/mol. The van der Waals surface area contributed by atoms with E-state index in [9.17, 15) is 10.2 Å². The van der Waals surface area contributed by atoms with Gasteiger partial charge in [-0.05, 0) is 61.9 Å². The molecule has 148 valence electrons. The van der Waals surface area contributed by atoms with E-state index in [-0.39, 0.29) is 11.7 Å². The minimum absolute atomic E-state index is 0.141. The Morgan fingerprint density at radius 3 is 2.36 bits per heavy atom. The zero-order chi connectivity index (χ0) is 20.7. The molecule has 0 spiro atoms. The van der Waals surface area contributed by atoms with Gasteiger partial charge in [0.25, 0.3) is 0 Å². The van der Waals surface area contributed by atoms with Crippen LogP contribution in [0.2, 0.25) is 0 Å². The van der Waals surface area contributed by atoms with Crippen LogP contribution < -0.4 is 0 Å². The number of hydrogen-bond acceptors (Lipinski definition) is 2. The van der Waals surface area contributed by atoms with Crippen molar-refractivity contribution in [1.29, 1.82) is 0 Å². The highest BCUT2D eigenvalue weighted by Crippen LogP contribution is 2.44.